The molecular weight excluding hydrogens is 531 g/mol. The van der Waals surface area contributed by atoms with Crippen LogP contribution in [0.4, 0.5) is 18.9 Å². The molecule has 2 fully saturated rings. The number of fused-ring (bicyclic) bond motifs is 1. The fourth-order valence-corrected chi connectivity index (χ4v) is 6.49. The number of carboxylic acid groups (broad SMARTS) is 1. The van der Waals surface area contributed by atoms with E-state index in [1.165, 1.54) is 36.9 Å². The quantitative estimate of drug-likeness (QED) is 0.278. The summed E-state index contributed by atoms with van der Waals surface area (Å²) in [5.41, 5.74) is 0.0658. The molecule has 0 unspecified atom stereocenters. The second kappa shape index (κ2) is 10.6. The third-order valence-electron chi connectivity index (χ3n) is 6.75. The van der Waals surface area contributed by atoms with Gasteiger partial charge < -0.3 is 30.5 Å². The summed E-state index contributed by atoms with van der Waals surface area (Å²) in [4.78, 5) is 50.8. The van der Waals surface area contributed by atoms with Crippen LogP contribution in [-0.4, -0.2) is 81.6 Å². The lowest BCUT2D eigenvalue weighted by atomic mass is 9.79. The predicted octanol–water partition coefficient (Wildman–Crippen LogP) is 1.96. The number of esters is 1. The fraction of sp³-hybridized carbons (Fsp3) is 0.500. The van der Waals surface area contributed by atoms with Gasteiger partial charge in [-0.15, -0.1) is 11.8 Å². The van der Waals surface area contributed by atoms with E-state index in [-0.39, 0.29) is 16.5 Å². The molecule has 1 aromatic carbocycles. The van der Waals surface area contributed by atoms with Crippen molar-refractivity contribution in [3.05, 3.63) is 40.4 Å². The van der Waals surface area contributed by atoms with Crippen LogP contribution in [0.15, 0.2) is 34.9 Å². The van der Waals surface area contributed by atoms with Crippen LogP contribution in [0.1, 0.15) is 30.6 Å². The average Bonchev–Trinajstić information content (AvgIpc) is 3.39. The van der Waals surface area contributed by atoms with E-state index < -0.39 is 66.6 Å². The number of aromatic carboxylic acids is 1. The summed E-state index contributed by atoms with van der Waals surface area (Å²) in [6.45, 7) is 1.70. The van der Waals surface area contributed by atoms with Gasteiger partial charge in [-0.05, 0) is 31.5 Å². The van der Waals surface area contributed by atoms with E-state index >= 15 is 0 Å². The summed E-state index contributed by atoms with van der Waals surface area (Å²) in [7, 11) is 0. The summed E-state index contributed by atoms with van der Waals surface area (Å²) in [6.07, 6.45) is -5.45. The van der Waals surface area contributed by atoms with Gasteiger partial charge in [-0.25, -0.2) is 9.59 Å². The Labute approximate surface area is 219 Å². The number of thioether (sulfide) groups is 1. The third kappa shape index (κ3) is 5.52. The SMILES string of the molecule is C[C@@H](O)[C@H]1C(=O)N2C(C(=O)OCC(F)(F)F)=C(S[C@@H]3CN[C@H](C(=O)Nc4cccc(C(=O)O)c4)C3)[C@H](C)[C@H]12. The zero-order valence-electron chi connectivity index (χ0n) is 20.3. The molecule has 14 heteroatoms. The van der Waals surface area contributed by atoms with Gasteiger partial charge >= 0.3 is 18.1 Å². The number of hydrogen-bond acceptors (Lipinski definition) is 8. The minimum Gasteiger partial charge on any atom is -0.478 e. The molecule has 2 amide bonds. The Bertz CT molecular complexity index is 1190. The highest BCUT2D eigenvalue weighted by atomic mass is 32.2. The second-order valence-corrected chi connectivity index (χ2v) is 10.8. The molecule has 0 radical (unpaired) electrons. The van der Waals surface area contributed by atoms with Crippen LogP contribution in [0.2, 0.25) is 0 Å². The molecule has 0 bridgehead atoms. The summed E-state index contributed by atoms with van der Waals surface area (Å²) in [5, 5.41) is 24.6. The Morgan fingerprint density at radius 3 is 2.66 bits per heavy atom. The topological polar surface area (TPSA) is 145 Å². The summed E-state index contributed by atoms with van der Waals surface area (Å²) in [6, 6.07) is 4.53. The van der Waals surface area contributed by atoms with Gasteiger partial charge in [0.05, 0.1) is 29.7 Å². The number of carboxylic acids is 1. The number of carbonyl (C=O) groups is 4. The monoisotopic (exact) mass is 557 g/mol. The van der Waals surface area contributed by atoms with Crippen molar-refractivity contribution < 1.29 is 47.3 Å². The molecule has 2 saturated heterocycles. The Balaban J connectivity index is 1.48. The van der Waals surface area contributed by atoms with Crippen molar-refractivity contribution in [1.29, 1.82) is 0 Å². The van der Waals surface area contributed by atoms with Gasteiger partial charge in [0, 0.05) is 28.3 Å². The minimum absolute atomic E-state index is 0.0115. The highest BCUT2D eigenvalue weighted by Crippen LogP contribution is 2.52. The number of alkyl halides is 3. The molecule has 6 atom stereocenters. The maximum atomic E-state index is 12.8. The number of halogens is 3. The zero-order chi connectivity index (χ0) is 27.9. The maximum absolute atomic E-state index is 12.8. The smallest absolute Gasteiger partial charge is 0.422 e. The molecule has 0 spiro atoms. The Hall–Kier alpha value is -3.10. The van der Waals surface area contributed by atoms with Crippen molar-refractivity contribution in [3.63, 3.8) is 0 Å². The molecule has 4 rings (SSSR count). The van der Waals surface area contributed by atoms with Gasteiger partial charge in [0.15, 0.2) is 6.61 Å². The zero-order valence-corrected chi connectivity index (χ0v) is 21.1. The number of nitrogens with one attached hydrogen (secondary N) is 2. The fourth-order valence-electron chi connectivity index (χ4n) is 5.02. The minimum atomic E-state index is -4.74. The number of carbonyl (C=O) groups excluding carboxylic acids is 3. The normalized spacial score (nSPS) is 27.6. The molecule has 38 heavy (non-hydrogen) atoms. The molecule has 3 aliphatic rings. The van der Waals surface area contributed by atoms with Gasteiger partial charge in [0.25, 0.3) is 0 Å². The average molecular weight is 558 g/mol. The van der Waals surface area contributed by atoms with Crippen molar-refractivity contribution in [1.82, 2.24) is 10.2 Å². The summed E-state index contributed by atoms with van der Waals surface area (Å²) < 4.78 is 42.5. The summed E-state index contributed by atoms with van der Waals surface area (Å²) >= 11 is 1.19. The molecule has 10 nitrogen and oxygen atoms in total. The van der Waals surface area contributed by atoms with E-state index in [0.29, 0.717) is 23.6 Å². The number of rotatable bonds is 8. The second-order valence-electron chi connectivity index (χ2n) is 9.47. The van der Waals surface area contributed by atoms with E-state index in [2.05, 4.69) is 15.4 Å². The van der Waals surface area contributed by atoms with Gasteiger partial charge in [-0.1, -0.05) is 13.0 Å². The first kappa shape index (κ1) is 27.9. The number of amides is 2. The van der Waals surface area contributed by atoms with E-state index in [1.54, 1.807) is 13.0 Å². The van der Waals surface area contributed by atoms with Crippen LogP contribution in [0.25, 0.3) is 0 Å². The first-order chi connectivity index (χ1) is 17.8. The molecule has 4 N–H and O–H groups in total. The van der Waals surface area contributed by atoms with E-state index in [0.717, 1.165) is 4.90 Å². The van der Waals surface area contributed by atoms with Gasteiger partial charge in [0.2, 0.25) is 11.8 Å². The molecule has 0 aliphatic carbocycles. The lowest BCUT2D eigenvalue weighted by Crippen LogP contribution is -2.63. The highest BCUT2D eigenvalue weighted by Gasteiger charge is 2.60. The number of anilines is 1. The van der Waals surface area contributed by atoms with E-state index in [4.69, 9.17) is 5.11 Å². The molecule has 206 valence electrons. The van der Waals surface area contributed by atoms with Gasteiger partial charge in [0.1, 0.15) is 5.70 Å². The lowest BCUT2D eigenvalue weighted by molar-refractivity contribution is -0.186. The van der Waals surface area contributed by atoms with E-state index in [9.17, 15) is 37.5 Å². The number of benzene rings is 1. The predicted molar refractivity (Wildman–Crippen MR) is 129 cm³/mol. The van der Waals surface area contributed by atoms with Crippen LogP contribution in [-0.2, 0) is 19.1 Å². The Kier molecular flexibility index (Phi) is 7.77. The molecule has 3 aliphatic heterocycles. The van der Waals surface area contributed by atoms with Crippen LogP contribution in [0.3, 0.4) is 0 Å². The Morgan fingerprint density at radius 2 is 2.03 bits per heavy atom. The van der Waals surface area contributed by atoms with Crippen molar-refractivity contribution in [2.24, 2.45) is 11.8 Å². The first-order valence-electron chi connectivity index (χ1n) is 11.8. The van der Waals surface area contributed by atoms with Crippen LogP contribution in [0.5, 0.6) is 0 Å². The first-order valence-corrected chi connectivity index (χ1v) is 12.7. The molecule has 0 saturated carbocycles. The van der Waals surface area contributed by atoms with Gasteiger partial charge in [-0.2, -0.15) is 13.2 Å². The summed E-state index contributed by atoms with van der Waals surface area (Å²) in [5.74, 6) is -4.61. The molecule has 3 heterocycles. The van der Waals surface area contributed by atoms with E-state index in [1.807, 2.05) is 0 Å². The van der Waals surface area contributed by atoms with Crippen molar-refractivity contribution in [2.45, 2.75) is 49.9 Å². The van der Waals surface area contributed by atoms with Gasteiger partial charge in [-0.3, -0.25) is 9.59 Å². The maximum Gasteiger partial charge on any atom is 0.422 e. The number of ether oxygens (including phenoxy) is 1. The number of hydrogen-bond donors (Lipinski definition) is 4. The van der Waals surface area contributed by atoms with Crippen molar-refractivity contribution in [3.8, 4) is 0 Å². The largest absolute Gasteiger partial charge is 0.478 e. The number of β-lactam (4-membered cyclic amide) rings is 1. The molecule has 0 aromatic heterocycles. The number of nitrogens with zero attached hydrogens (tertiary/aromatic N) is 1. The number of aliphatic hydroxyl groups is 1. The standard InChI is InChI=1S/C24H26F3N3O7S/c1-10-17-16(11(2)31)21(33)30(17)18(23(36)37-9-24(25,26)27)19(10)38-14-7-15(28-8-14)20(32)29-13-5-3-4-12(6-13)22(34)35/h3-6,10-11,14-17,28,31H,7-9H2,1-2H3,(H,29,32)(H,34,35)/t10-,11-,14+,15+,16-,17-/m1/s1. The molecule has 1 aromatic rings. The van der Waals surface area contributed by atoms with Crippen LogP contribution < -0.4 is 10.6 Å². The molecular formula is C24H26F3N3O7S. The van der Waals surface area contributed by atoms with Crippen molar-refractivity contribution in [2.75, 3.05) is 18.5 Å². The highest BCUT2D eigenvalue weighted by molar-refractivity contribution is 8.03. The number of aliphatic hydroxyl groups excluding tert-OH is 1. The lowest BCUT2D eigenvalue weighted by Gasteiger charge is -2.46. The van der Waals surface area contributed by atoms with Crippen LogP contribution in [0, 0.1) is 11.8 Å². The third-order valence-corrected chi connectivity index (χ3v) is 8.26. The Morgan fingerprint density at radius 1 is 1.32 bits per heavy atom. The van der Waals surface area contributed by atoms with Crippen molar-refractivity contribution >= 4 is 41.2 Å². The van der Waals surface area contributed by atoms with Crippen LogP contribution >= 0.6 is 11.8 Å².